The number of hydrogen-bond acceptors (Lipinski definition) is 4. The molecule has 0 atom stereocenters. The molecule has 0 saturated heterocycles. The zero-order valence-corrected chi connectivity index (χ0v) is 19.7. The van der Waals surface area contributed by atoms with Crippen LogP contribution in [0.2, 0.25) is 0 Å². The molecule has 0 fully saturated rings. The van der Waals surface area contributed by atoms with Crippen LogP contribution in [0, 0.1) is 13.8 Å². The number of aryl methyl sites for hydroxylation is 2. The van der Waals surface area contributed by atoms with Crippen molar-refractivity contribution in [3.05, 3.63) is 106 Å². The third kappa shape index (κ3) is 4.20. The number of amides is 1. The lowest BCUT2D eigenvalue weighted by molar-refractivity contribution is -0.113. The zero-order chi connectivity index (χ0) is 23.7. The Morgan fingerprint density at radius 2 is 1.65 bits per heavy atom. The number of aromatic nitrogens is 2. The van der Waals surface area contributed by atoms with Crippen molar-refractivity contribution in [2.75, 3.05) is 11.1 Å². The van der Waals surface area contributed by atoms with Crippen LogP contribution in [0.15, 0.2) is 94.9 Å². The summed E-state index contributed by atoms with van der Waals surface area (Å²) in [5.41, 5.74) is 4.10. The summed E-state index contributed by atoms with van der Waals surface area (Å²) >= 11 is 1.26. The molecule has 5 nitrogen and oxygen atoms in total. The Balaban J connectivity index is 1.49. The van der Waals surface area contributed by atoms with Gasteiger partial charge < -0.3 is 5.32 Å². The first-order valence-corrected chi connectivity index (χ1v) is 12.0. The second-order valence-electron chi connectivity index (χ2n) is 8.21. The van der Waals surface area contributed by atoms with Crippen LogP contribution >= 0.6 is 11.8 Å². The van der Waals surface area contributed by atoms with Gasteiger partial charge in [0.05, 0.1) is 22.3 Å². The van der Waals surface area contributed by atoms with Gasteiger partial charge in [-0.05, 0) is 49.1 Å². The van der Waals surface area contributed by atoms with Crippen LogP contribution < -0.4 is 10.9 Å². The second-order valence-corrected chi connectivity index (χ2v) is 9.15. The van der Waals surface area contributed by atoms with Gasteiger partial charge in [0.1, 0.15) is 0 Å². The number of carbonyl (C=O) groups excluding carboxylic acids is 1. The van der Waals surface area contributed by atoms with Crippen molar-refractivity contribution in [3.8, 4) is 5.69 Å². The number of anilines is 1. The van der Waals surface area contributed by atoms with Crippen LogP contribution in [0.3, 0.4) is 0 Å². The summed E-state index contributed by atoms with van der Waals surface area (Å²) in [5, 5.41) is 6.10. The highest BCUT2D eigenvalue weighted by molar-refractivity contribution is 7.99. The molecule has 0 radical (unpaired) electrons. The normalized spacial score (nSPS) is 11.1. The van der Waals surface area contributed by atoms with Crippen LogP contribution in [0.1, 0.15) is 11.1 Å². The predicted octanol–water partition coefficient (Wildman–Crippen LogP) is 5.89. The van der Waals surface area contributed by atoms with Crippen LogP contribution in [0.5, 0.6) is 0 Å². The fourth-order valence-corrected chi connectivity index (χ4v) is 4.93. The van der Waals surface area contributed by atoms with Gasteiger partial charge in [0, 0.05) is 11.1 Å². The number of hydrogen-bond donors (Lipinski definition) is 1. The molecule has 1 amide bonds. The minimum absolute atomic E-state index is 0.124. The molecule has 6 heteroatoms. The number of fused-ring (bicyclic) bond motifs is 2. The minimum atomic E-state index is -0.157. The fraction of sp³-hybridized carbons (Fsp3) is 0.107. The molecule has 168 valence electrons. The molecule has 0 spiro atoms. The van der Waals surface area contributed by atoms with E-state index in [1.165, 1.54) is 11.8 Å². The number of carbonyl (C=O) groups is 1. The zero-order valence-electron chi connectivity index (χ0n) is 18.9. The highest BCUT2D eigenvalue weighted by Gasteiger charge is 2.16. The summed E-state index contributed by atoms with van der Waals surface area (Å²) in [6.07, 6.45) is 0. The van der Waals surface area contributed by atoms with Gasteiger partial charge in [-0.1, -0.05) is 78.0 Å². The third-order valence-corrected chi connectivity index (χ3v) is 6.67. The molecule has 5 aromatic rings. The Morgan fingerprint density at radius 3 is 2.47 bits per heavy atom. The maximum Gasteiger partial charge on any atom is 0.266 e. The van der Waals surface area contributed by atoms with E-state index in [9.17, 15) is 9.59 Å². The minimum Gasteiger partial charge on any atom is -0.325 e. The van der Waals surface area contributed by atoms with E-state index in [-0.39, 0.29) is 17.2 Å². The Morgan fingerprint density at radius 1 is 0.912 bits per heavy atom. The lowest BCUT2D eigenvalue weighted by Crippen LogP contribution is -2.23. The molecule has 1 heterocycles. The van der Waals surface area contributed by atoms with Crippen molar-refractivity contribution < 1.29 is 4.79 Å². The molecule has 0 saturated carbocycles. The van der Waals surface area contributed by atoms with Crippen molar-refractivity contribution in [2.24, 2.45) is 0 Å². The van der Waals surface area contributed by atoms with Crippen molar-refractivity contribution in [1.82, 2.24) is 9.55 Å². The average molecular weight is 466 g/mol. The third-order valence-electron chi connectivity index (χ3n) is 5.73. The Kier molecular flexibility index (Phi) is 5.90. The molecular weight excluding hydrogens is 442 g/mol. The molecular formula is C28H23N3O2S. The van der Waals surface area contributed by atoms with Crippen LogP contribution in [0.25, 0.3) is 27.4 Å². The van der Waals surface area contributed by atoms with Gasteiger partial charge in [-0.25, -0.2) is 4.98 Å². The van der Waals surface area contributed by atoms with Gasteiger partial charge >= 0.3 is 0 Å². The van der Waals surface area contributed by atoms with Gasteiger partial charge in [0.15, 0.2) is 5.16 Å². The molecule has 0 aliphatic heterocycles. The van der Waals surface area contributed by atoms with E-state index in [0.29, 0.717) is 16.1 Å². The van der Waals surface area contributed by atoms with Crippen molar-refractivity contribution in [2.45, 2.75) is 19.0 Å². The fourth-order valence-electron chi connectivity index (χ4n) is 4.13. The summed E-state index contributed by atoms with van der Waals surface area (Å²) in [6, 6.07) is 27.0. The molecule has 0 unspecified atom stereocenters. The summed E-state index contributed by atoms with van der Waals surface area (Å²) in [4.78, 5) is 31.1. The van der Waals surface area contributed by atoms with E-state index < -0.39 is 0 Å². The lowest BCUT2D eigenvalue weighted by atomic mass is 10.1. The summed E-state index contributed by atoms with van der Waals surface area (Å²) in [6.45, 7) is 4.00. The summed E-state index contributed by atoms with van der Waals surface area (Å²) in [7, 11) is 0. The van der Waals surface area contributed by atoms with Crippen LogP contribution in [-0.2, 0) is 4.79 Å². The quantitative estimate of drug-likeness (QED) is 0.260. The first kappa shape index (κ1) is 21.9. The highest BCUT2D eigenvalue weighted by atomic mass is 32.2. The highest BCUT2D eigenvalue weighted by Crippen LogP contribution is 2.26. The smallest absolute Gasteiger partial charge is 0.266 e. The Bertz CT molecular complexity index is 1600. The van der Waals surface area contributed by atoms with Gasteiger partial charge in [-0.15, -0.1) is 0 Å². The molecule has 0 aliphatic rings. The summed E-state index contributed by atoms with van der Waals surface area (Å²) < 4.78 is 1.62. The molecule has 5 rings (SSSR count). The van der Waals surface area contributed by atoms with Gasteiger partial charge in [-0.3, -0.25) is 14.2 Å². The molecule has 1 aromatic heterocycles. The van der Waals surface area contributed by atoms with Crippen molar-refractivity contribution in [3.63, 3.8) is 0 Å². The predicted molar refractivity (Wildman–Crippen MR) is 140 cm³/mol. The monoisotopic (exact) mass is 465 g/mol. The van der Waals surface area contributed by atoms with Crippen molar-refractivity contribution in [1.29, 1.82) is 0 Å². The van der Waals surface area contributed by atoms with Gasteiger partial charge in [0.2, 0.25) is 5.91 Å². The van der Waals surface area contributed by atoms with Crippen LogP contribution in [-0.4, -0.2) is 21.2 Å². The number of nitrogens with zero attached hydrogens (tertiary/aromatic N) is 2. The SMILES string of the molecule is Cc1ccc(-n2c(SCC(=O)Nc3cccc4ccccc34)nc3ccccc3c2=O)c(C)c1. The van der Waals surface area contributed by atoms with Crippen LogP contribution in [0.4, 0.5) is 5.69 Å². The molecule has 0 aliphatic carbocycles. The van der Waals surface area contributed by atoms with E-state index in [1.54, 1.807) is 10.6 Å². The lowest BCUT2D eigenvalue weighted by Gasteiger charge is -2.15. The molecule has 1 N–H and O–H groups in total. The first-order chi connectivity index (χ1) is 16.5. The largest absolute Gasteiger partial charge is 0.325 e. The van der Waals surface area contributed by atoms with E-state index in [2.05, 4.69) is 5.32 Å². The maximum atomic E-state index is 13.5. The van der Waals surface area contributed by atoms with E-state index in [4.69, 9.17) is 4.98 Å². The van der Waals surface area contributed by atoms with E-state index >= 15 is 0 Å². The Labute approximate surface area is 201 Å². The second kappa shape index (κ2) is 9.15. The average Bonchev–Trinajstić information content (AvgIpc) is 2.84. The maximum absolute atomic E-state index is 13.5. The molecule has 34 heavy (non-hydrogen) atoms. The summed E-state index contributed by atoms with van der Waals surface area (Å²) in [5.74, 6) is -0.0326. The van der Waals surface area contributed by atoms with Gasteiger partial charge in [0.25, 0.3) is 5.56 Å². The molecule has 4 aromatic carbocycles. The van der Waals surface area contributed by atoms with E-state index in [1.807, 2.05) is 92.7 Å². The topological polar surface area (TPSA) is 64.0 Å². The number of para-hydroxylation sites is 1. The number of nitrogens with one attached hydrogen (secondary N) is 1. The van der Waals surface area contributed by atoms with Gasteiger partial charge in [-0.2, -0.15) is 0 Å². The van der Waals surface area contributed by atoms with E-state index in [0.717, 1.165) is 33.3 Å². The number of rotatable bonds is 5. The Hall–Kier alpha value is -3.90. The number of benzene rings is 4. The first-order valence-electron chi connectivity index (χ1n) is 11.0. The standard InChI is InChI=1S/C28H23N3O2S/c1-18-14-15-25(19(2)16-18)31-27(33)22-11-5-6-12-24(22)30-28(31)34-17-26(32)29-23-13-7-9-20-8-3-4-10-21(20)23/h3-16H,17H2,1-2H3,(H,29,32). The number of thioether (sulfide) groups is 1. The molecule has 0 bridgehead atoms. The van der Waals surface area contributed by atoms with Crippen molar-refractivity contribution >= 4 is 45.0 Å².